The third-order valence-corrected chi connectivity index (χ3v) is 7.92. The van der Waals surface area contributed by atoms with Crippen LogP contribution in [0.5, 0.6) is 0 Å². The average Bonchev–Trinajstić information content (AvgIpc) is 3.29. The van der Waals surface area contributed by atoms with E-state index < -0.39 is 0 Å². The standard InChI is InChI=1S/C22H33N3O2S/c1-15-19-12-20(28-22(19)25(23-15)18-6-4-3-5-7-18)21(27)24(2)13-16-8-10-17(14-26)11-9-16/h12,16-18,26H,3-11,13-14H2,1-2H3/t16-,17-. The first kappa shape index (κ1) is 19.9. The number of aliphatic hydroxyl groups excluding tert-OH is 1. The summed E-state index contributed by atoms with van der Waals surface area (Å²) in [5.74, 6) is 1.16. The number of hydrogen-bond acceptors (Lipinski definition) is 4. The van der Waals surface area contributed by atoms with E-state index in [0.717, 1.165) is 48.2 Å². The fraction of sp³-hybridized carbons (Fsp3) is 0.727. The highest BCUT2D eigenvalue weighted by atomic mass is 32.1. The topological polar surface area (TPSA) is 58.4 Å². The number of aromatic nitrogens is 2. The summed E-state index contributed by atoms with van der Waals surface area (Å²) in [5, 5.41) is 15.3. The minimum absolute atomic E-state index is 0.139. The van der Waals surface area contributed by atoms with Gasteiger partial charge in [0.15, 0.2) is 0 Å². The Kier molecular flexibility index (Phi) is 6.07. The molecule has 4 rings (SSSR count). The van der Waals surface area contributed by atoms with Crippen molar-refractivity contribution in [2.75, 3.05) is 20.2 Å². The monoisotopic (exact) mass is 403 g/mol. The molecule has 0 unspecified atom stereocenters. The lowest BCUT2D eigenvalue weighted by atomic mass is 9.82. The highest BCUT2D eigenvalue weighted by molar-refractivity contribution is 7.20. The lowest BCUT2D eigenvalue weighted by Gasteiger charge is -2.30. The number of amides is 1. The third kappa shape index (κ3) is 3.99. The van der Waals surface area contributed by atoms with Gasteiger partial charge in [0, 0.05) is 25.6 Å². The lowest BCUT2D eigenvalue weighted by molar-refractivity contribution is 0.0748. The number of nitrogens with zero attached hydrogens (tertiary/aromatic N) is 3. The molecule has 0 saturated heterocycles. The number of thiophene rings is 1. The summed E-state index contributed by atoms with van der Waals surface area (Å²) < 4.78 is 2.21. The van der Waals surface area contributed by atoms with E-state index >= 15 is 0 Å². The molecule has 28 heavy (non-hydrogen) atoms. The first-order chi connectivity index (χ1) is 13.6. The maximum Gasteiger partial charge on any atom is 0.263 e. The average molecular weight is 404 g/mol. The largest absolute Gasteiger partial charge is 0.396 e. The molecular formula is C22H33N3O2S. The second-order valence-corrected chi connectivity index (χ2v) is 9.94. The van der Waals surface area contributed by atoms with Crippen LogP contribution in [0.2, 0.25) is 0 Å². The van der Waals surface area contributed by atoms with E-state index in [-0.39, 0.29) is 5.91 Å². The van der Waals surface area contributed by atoms with Crippen molar-refractivity contribution in [1.29, 1.82) is 0 Å². The lowest BCUT2D eigenvalue weighted by Crippen LogP contribution is -2.33. The van der Waals surface area contributed by atoms with Crippen molar-refractivity contribution in [3.8, 4) is 0 Å². The Morgan fingerprint density at radius 1 is 1.18 bits per heavy atom. The number of carbonyl (C=O) groups excluding carboxylic acids is 1. The zero-order chi connectivity index (χ0) is 19.7. The van der Waals surface area contributed by atoms with Crippen LogP contribution in [0.15, 0.2) is 6.07 Å². The van der Waals surface area contributed by atoms with Gasteiger partial charge >= 0.3 is 0 Å². The van der Waals surface area contributed by atoms with E-state index in [1.54, 1.807) is 11.3 Å². The number of rotatable bonds is 5. The van der Waals surface area contributed by atoms with Gasteiger partial charge in [0.05, 0.1) is 16.6 Å². The third-order valence-electron chi connectivity index (χ3n) is 6.80. The first-order valence-electron chi connectivity index (χ1n) is 10.9. The van der Waals surface area contributed by atoms with Gasteiger partial charge in [-0.3, -0.25) is 9.48 Å². The van der Waals surface area contributed by atoms with E-state index in [1.165, 1.54) is 36.9 Å². The molecule has 0 aliphatic heterocycles. The van der Waals surface area contributed by atoms with Crippen molar-refractivity contribution in [1.82, 2.24) is 14.7 Å². The predicted octanol–water partition coefficient (Wildman–Crippen LogP) is 4.78. The molecule has 0 aromatic carbocycles. The normalized spacial score (nSPS) is 24.0. The van der Waals surface area contributed by atoms with Crippen molar-refractivity contribution >= 4 is 27.5 Å². The summed E-state index contributed by atoms with van der Waals surface area (Å²) >= 11 is 1.62. The molecule has 0 bridgehead atoms. The second-order valence-electron chi connectivity index (χ2n) is 8.91. The predicted molar refractivity (Wildman–Crippen MR) is 114 cm³/mol. The van der Waals surface area contributed by atoms with Crippen LogP contribution in [0.1, 0.15) is 79.2 Å². The van der Waals surface area contributed by atoms with Crippen LogP contribution in [0.4, 0.5) is 0 Å². The van der Waals surface area contributed by atoms with Crippen LogP contribution >= 0.6 is 11.3 Å². The minimum atomic E-state index is 0.139. The Morgan fingerprint density at radius 2 is 1.86 bits per heavy atom. The van der Waals surface area contributed by atoms with Crippen molar-refractivity contribution < 1.29 is 9.90 Å². The van der Waals surface area contributed by atoms with Crippen LogP contribution in [0.3, 0.4) is 0 Å². The van der Waals surface area contributed by atoms with E-state index in [1.807, 2.05) is 11.9 Å². The Labute approximate surface area is 171 Å². The maximum atomic E-state index is 13.1. The summed E-state index contributed by atoms with van der Waals surface area (Å²) in [6.45, 7) is 3.19. The minimum Gasteiger partial charge on any atom is -0.396 e. The highest BCUT2D eigenvalue weighted by Crippen LogP contribution is 2.36. The summed E-state index contributed by atoms with van der Waals surface area (Å²) in [6, 6.07) is 2.55. The smallest absolute Gasteiger partial charge is 0.263 e. The Bertz CT molecular complexity index is 813. The van der Waals surface area contributed by atoms with Crippen molar-refractivity contribution in [2.45, 2.75) is 70.8 Å². The molecule has 0 radical (unpaired) electrons. The molecule has 2 aliphatic carbocycles. The van der Waals surface area contributed by atoms with Gasteiger partial charge in [0.2, 0.25) is 0 Å². The van der Waals surface area contributed by atoms with Gasteiger partial charge in [0.1, 0.15) is 4.83 Å². The molecule has 0 spiro atoms. The molecule has 2 fully saturated rings. The van der Waals surface area contributed by atoms with Crippen LogP contribution < -0.4 is 0 Å². The molecular weight excluding hydrogens is 370 g/mol. The van der Waals surface area contributed by atoms with Crippen LogP contribution in [0.25, 0.3) is 10.2 Å². The SMILES string of the molecule is Cc1nn(C2CCCCC2)c2sc(C(=O)N(C)C[C@H]3CC[C@H](CO)CC3)cc12. The zero-order valence-corrected chi connectivity index (χ0v) is 18.0. The Morgan fingerprint density at radius 3 is 2.54 bits per heavy atom. The van der Waals surface area contributed by atoms with Gasteiger partial charge < -0.3 is 10.0 Å². The summed E-state index contributed by atoms with van der Waals surface area (Å²) in [7, 11) is 1.94. The Balaban J connectivity index is 1.46. The summed E-state index contributed by atoms with van der Waals surface area (Å²) in [6.07, 6.45) is 10.7. The van der Waals surface area contributed by atoms with Crippen molar-refractivity contribution in [3.63, 3.8) is 0 Å². The summed E-state index contributed by atoms with van der Waals surface area (Å²) in [4.78, 5) is 17.0. The quantitative estimate of drug-likeness (QED) is 0.781. The maximum absolute atomic E-state index is 13.1. The molecule has 2 aromatic heterocycles. The number of aryl methyl sites for hydroxylation is 1. The molecule has 6 heteroatoms. The number of hydrogen-bond donors (Lipinski definition) is 1. The second kappa shape index (κ2) is 8.54. The van der Waals surface area contributed by atoms with E-state index in [9.17, 15) is 9.90 Å². The van der Waals surface area contributed by atoms with E-state index in [0.29, 0.717) is 24.5 Å². The highest BCUT2D eigenvalue weighted by Gasteiger charge is 2.26. The fourth-order valence-electron chi connectivity index (χ4n) is 5.01. The van der Waals surface area contributed by atoms with Gasteiger partial charge in [-0.15, -0.1) is 11.3 Å². The van der Waals surface area contributed by atoms with Crippen LogP contribution in [-0.2, 0) is 0 Å². The van der Waals surface area contributed by atoms with E-state index in [2.05, 4.69) is 17.7 Å². The molecule has 154 valence electrons. The van der Waals surface area contributed by atoms with Gasteiger partial charge in [-0.2, -0.15) is 5.10 Å². The molecule has 5 nitrogen and oxygen atoms in total. The molecule has 2 aliphatic rings. The Hall–Kier alpha value is -1.40. The first-order valence-corrected chi connectivity index (χ1v) is 11.7. The van der Waals surface area contributed by atoms with Gasteiger partial charge in [-0.25, -0.2) is 0 Å². The molecule has 2 aromatic rings. The van der Waals surface area contributed by atoms with Gasteiger partial charge in [-0.05, 0) is 63.4 Å². The number of carbonyl (C=O) groups is 1. The fourth-order valence-corrected chi connectivity index (χ4v) is 6.23. The van der Waals surface area contributed by atoms with Gasteiger partial charge in [0.25, 0.3) is 5.91 Å². The molecule has 2 heterocycles. The number of aliphatic hydroxyl groups is 1. The molecule has 1 amide bonds. The molecule has 2 saturated carbocycles. The molecule has 0 atom stereocenters. The molecule has 1 N–H and O–H groups in total. The number of fused-ring (bicyclic) bond motifs is 1. The van der Waals surface area contributed by atoms with Crippen molar-refractivity contribution in [3.05, 3.63) is 16.6 Å². The van der Waals surface area contributed by atoms with Crippen molar-refractivity contribution in [2.24, 2.45) is 11.8 Å². The van der Waals surface area contributed by atoms with E-state index in [4.69, 9.17) is 5.10 Å². The van der Waals surface area contributed by atoms with Crippen LogP contribution in [0, 0.1) is 18.8 Å². The zero-order valence-electron chi connectivity index (χ0n) is 17.2. The van der Waals surface area contributed by atoms with Gasteiger partial charge in [-0.1, -0.05) is 19.3 Å². The van der Waals surface area contributed by atoms with Crippen LogP contribution in [-0.4, -0.2) is 45.9 Å². The summed E-state index contributed by atoms with van der Waals surface area (Å²) in [5.41, 5.74) is 1.04.